The molecule has 0 spiro atoms. The van der Waals surface area contributed by atoms with Gasteiger partial charge in [-0.3, -0.25) is 14.4 Å². The van der Waals surface area contributed by atoms with Crippen LogP contribution in [0.4, 0.5) is 16.2 Å². The minimum atomic E-state index is -0.426. The van der Waals surface area contributed by atoms with Crippen molar-refractivity contribution in [3.63, 3.8) is 0 Å². The van der Waals surface area contributed by atoms with Crippen LogP contribution in [0.1, 0.15) is 33.5 Å². The summed E-state index contributed by atoms with van der Waals surface area (Å²) in [7, 11) is 0. The summed E-state index contributed by atoms with van der Waals surface area (Å²) < 4.78 is 12.3. The second-order valence-corrected chi connectivity index (χ2v) is 7.89. The van der Waals surface area contributed by atoms with Crippen LogP contribution in [0.25, 0.3) is 11.1 Å². The molecule has 0 saturated heterocycles. The maximum Gasteiger partial charge on any atom is 0.414 e. The SMILES string of the molecule is CC(=O)N1c2ccc(-c3cnn(Cc4ccno4)c3)cc2N(C(=O)OC(C)C)CC1C. The summed E-state index contributed by atoms with van der Waals surface area (Å²) in [5.74, 6) is 0.632. The molecule has 0 aliphatic carbocycles. The number of nitrogens with zero attached hydrogens (tertiary/aromatic N) is 5. The zero-order valence-electron chi connectivity index (χ0n) is 18.0. The number of carbonyl (C=O) groups excluding carboxylic acids is 2. The number of benzene rings is 1. The first-order chi connectivity index (χ1) is 14.8. The molecular weight excluding hydrogens is 398 g/mol. The van der Waals surface area contributed by atoms with Gasteiger partial charge in [0.1, 0.15) is 6.54 Å². The largest absolute Gasteiger partial charge is 0.446 e. The van der Waals surface area contributed by atoms with Gasteiger partial charge in [0.25, 0.3) is 0 Å². The van der Waals surface area contributed by atoms with E-state index in [0.29, 0.717) is 30.2 Å². The summed E-state index contributed by atoms with van der Waals surface area (Å²) in [5.41, 5.74) is 3.08. The van der Waals surface area contributed by atoms with Crippen LogP contribution in [0.5, 0.6) is 0 Å². The van der Waals surface area contributed by atoms with E-state index in [1.54, 1.807) is 32.9 Å². The van der Waals surface area contributed by atoms with Gasteiger partial charge in [0.15, 0.2) is 5.76 Å². The third-order valence-electron chi connectivity index (χ3n) is 5.09. The molecule has 1 atom stereocenters. The normalized spacial score (nSPS) is 15.8. The number of amides is 2. The van der Waals surface area contributed by atoms with Crippen LogP contribution in [-0.4, -0.2) is 45.6 Å². The van der Waals surface area contributed by atoms with Crippen LogP contribution in [0.2, 0.25) is 0 Å². The molecule has 0 N–H and O–H groups in total. The van der Waals surface area contributed by atoms with Crippen molar-refractivity contribution in [1.29, 1.82) is 0 Å². The molecule has 162 valence electrons. The highest BCUT2D eigenvalue weighted by Gasteiger charge is 2.34. The van der Waals surface area contributed by atoms with Crippen LogP contribution in [0, 0.1) is 0 Å². The summed E-state index contributed by atoms with van der Waals surface area (Å²) in [6.07, 6.45) is 4.58. The zero-order chi connectivity index (χ0) is 22.1. The molecule has 1 aliphatic rings. The molecule has 3 aromatic rings. The Hall–Kier alpha value is -3.62. The molecule has 1 unspecified atom stereocenters. The Morgan fingerprint density at radius 3 is 2.71 bits per heavy atom. The molecule has 0 radical (unpaired) electrons. The lowest BCUT2D eigenvalue weighted by atomic mass is 10.0. The van der Waals surface area contributed by atoms with Gasteiger partial charge < -0.3 is 14.2 Å². The van der Waals surface area contributed by atoms with Crippen LogP contribution in [0.15, 0.2) is 47.4 Å². The fourth-order valence-electron chi connectivity index (χ4n) is 3.81. The van der Waals surface area contributed by atoms with E-state index in [1.807, 2.05) is 45.2 Å². The lowest BCUT2D eigenvalue weighted by Crippen LogP contribution is -2.51. The molecule has 1 aliphatic heterocycles. The molecule has 1 aromatic carbocycles. The highest BCUT2D eigenvalue weighted by molar-refractivity contribution is 6.03. The average molecular weight is 423 g/mol. The Balaban J connectivity index is 1.70. The van der Waals surface area contributed by atoms with Crippen molar-refractivity contribution in [3.8, 4) is 11.1 Å². The van der Waals surface area contributed by atoms with E-state index in [0.717, 1.165) is 11.1 Å². The minimum Gasteiger partial charge on any atom is -0.446 e. The van der Waals surface area contributed by atoms with Gasteiger partial charge in [-0.1, -0.05) is 11.2 Å². The molecule has 3 heterocycles. The zero-order valence-corrected chi connectivity index (χ0v) is 18.0. The Labute approximate surface area is 180 Å². The number of ether oxygens (including phenoxy) is 1. The third kappa shape index (κ3) is 4.16. The average Bonchev–Trinajstić information content (AvgIpc) is 3.38. The number of fused-ring (bicyclic) bond motifs is 1. The maximum absolute atomic E-state index is 12.8. The Kier molecular flexibility index (Phi) is 5.50. The van der Waals surface area contributed by atoms with Crippen molar-refractivity contribution in [3.05, 3.63) is 48.6 Å². The van der Waals surface area contributed by atoms with E-state index < -0.39 is 6.09 Å². The predicted molar refractivity (Wildman–Crippen MR) is 115 cm³/mol. The van der Waals surface area contributed by atoms with Crippen molar-refractivity contribution >= 4 is 23.4 Å². The summed E-state index contributed by atoms with van der Waals surface area (Å²) >= 11 is 0. The van der Waals surface area contributed by atoms with Crippen LogP contribution in [-0.2, 0) is 16.1 Å². The lowest BCUT2D eigenvalue weighted by molar-refractivity contribution is -0.117. The van der Waals surface area contributed by atoms with Crippen molar-refractivity contribution in [2.45, 2.75) is 46.4 Å². The summed E-state index contributed by atoms with van der Waals surface area (Å²) in [5, 5.41) is 8.09. The van der Waals surface area contributed by atoms with Crippen LogP contribution < -0.4 is 9.80 Å². The molecule has 9 nitrogen and oxygen atoms in total. The van der Waals surface area contributed by atoms with Gasteiger partial charge in [0.05, 0.1) is 35.9 Å². The quantitative estimate of drug-likeness (QED) is 0.635. The monoisotopic (exact) mass is 423 g/mol. The maximum atomic E-state index is 12.8. The molecule has 31 heavy (non-hydrogen) atoms. The highest BCUT2D eigenvalue weighted by atomic mass is 16.6. The second-order valence-electron chi connectivity index (χ2n) is 7.89. The number of carbonyl (C=O) groups is 2. The highest BCUT2D eigenvalue weighted by Crippen LogP contribution is 2.39. The van der Waals surface area contributed by atoms with Gasteiger partial charge in [0, 0.05) is 31.3 Å². The van der Waals surface area contributed by atoms with Crippen molar-refractivity contribution < 1.29 is 18.8 Å². The Morgan fingerprint density at radius 2 is 2.03 bits per heavy atom. The number of hydrogen-bond acceptors (Lipinski definition) is 6. The Bertz CT molecular complexity index is 1090. The predicted octanol–water partition coefficient (Wildman–Crippen LogP) is 3.69. The van der Waals surface area contributed by atoms with Crippen molar-refractivity contribution in [2.24, 2.45) is 0 Å². The molecule has 2 amide bonds. The van der Waals surface area contributed by atoms with Gasteiger partial charge in [0.2, 0.25) is 5.91 Å². The topological polar surface area (TPSA) is 93.7 Å². The minimum absolute atomic E-state index is 0.0711. The first kappa shape index (κ1) is 20.6. The van der Waals surface area contributed by atoms with Crippen LogP contribution in [0.3, 0.4) is 0 Å². The van der Waals surface area contributed by atoms with Gasteiger partial charge >= 0.3 is 6.09 Å². The molecule has 9 heteroatoms. The number of aromatic nitrogens is 3. The fourth-order valence-corrected chi connectivity index (χ4v) is 3.81. The smallest absolute Gasteiger partial charge is 0.414 e. The molecule has 0 saturated carbocycles. The van der Waals surface area contributed by atoms with Crippen molar-refractivity contribution in [2.75, 3.05) is 16.3 Å². The summed E-state index contributed by atoms with van der Waals surface area (Å²) in [6.45, 7) is 7.89. The van der Waals surface area contributed by atoms with E-state index in [1.165, 1.54) is 6.92 Å². The van der Waals surface area contributed by atoms with Gasteiger partial charge in [-0.25, -0.2) is 4.79 Å². The molecule has 2 aromatic heterocycles. The van der Waals surface area contributed by atoms with Gasteiger partial charge in [-0.05, 0) is 38.5 Å². The molecule has 0 bridgehead atoms. The third-order valence-corrected chi connectivity index (χ3v) is 5.09. The van der Waals surface area contributed by atoms with Crippen LogP contribution >= 0.6 is 0 Å². The molecule has 0 fully saturated rings. The van der Waals surface area contributed by atoms with E-state index in [-0.39, 0.29) is 18.1 Å². The van der Waals surface area contributed by atoms with E-state index in [2.05, 4.69) is 10.3 Å². The van der Waals surface area contributed by atoms with Gasteiger partial charge in [-0.2, -0.15) is 5.10 Å². The van der Waals surface area contributed by atoms with E-state index in [4.69, 9.17) is 9.26 Å². The first-order valence-corrected chi connectivity index (χ1v) is 10.2. The van der Waals surface area contributed by atoms with Gasteiger partial charge in [-0.15, -0.1) is 0 Å². The number of hydrogen-bond donors (Lipinski definition) is 0. The summed E-state index contributed by atoms with van der Waals surface area (Å²) in [4.78, 5) is 28.4. The first-order valence-electron chi connectivity index (χ1n) is 10.2. The lowest BCUT2D eigenvalue weighted by Gasteiger charge is -2.40. The standard InChI is InChI=1S/C22H25N5O4/c1-14(2)30-22(29)26-11-15(3)27(16(4)28)20-6-5-17(9-21(20)26)18-10-23-25(12-18)13-19-7-8-24-31-19/h5-10,12,14-15H,11,13H2,1-4H3. The molecule has 4 rings (SSSR count). The van der Waals surface area contributed by atoms with Crippen molar-refractivity contribution in [1.82, 2.24) is 14.9 Å². The number of rotatable bonds is 4. The molecular formula is C22H25N5O4. The summed E-state index contributed by atoms with van der Waals surface area (Å²) in [6, 6.07) is 7.31. The van der Waals surface area contributed by atoms with E-state index >= 15 is 0 Å². The Morgan fingerprint density at radius 1 is 1.23 bits per heavy atom. The second kappa shape index (κ2) is 8.25. The fraction of sp³-hybridized carbons (Fsp3) is 0.364. The van der Waals surface area contributed by atoms with E-state index in [9.17, 15) is 9.59 Å². The number of anilines is 2.